The normalized spacial score (nSPS) is 10.0. The molecule has 0 radical (unpaired) electrons. The van der Waals surface area contributed by atoms with Crippen LogP contribution < -0.4 is 11.0 Å². The van der Waals surface area contributed by atoms with Gasteiger partial charge in [-0.15, -0.1) is 0 Å². The Kier molecular flexibility index (Phi) is 5.81. The van der Waals surface area contributed by atoms with Crippen LogP contribution in [0.1, 0.15) is 0 Å². The predicted octanol–water partition coefficient (Wildman–Crippen LogP) is -2.57. The van der Waals surface area contributed by atoms with Gasteiger partial charge in [0.1, 0.15) is 0 Å². The number of rotatable bonds is 1. The molecule has 4 N–H and O–H groups in total. The molecule has 7 heavy (non-hydrogen) atoms. The Morgan fingerprint density at radius 1 is 1.43 bits per heavy atom. The third kappa shape index (κ3) is 10.9. The summed E-state index contributed by atoms with van der Waals surface area (Å²) < 4.78 is 22.0. The van der Waals surface area contributed by atoms with E-state index < -0.39 is 10.3 Å². The molecule has 0 heterocycles. The topological polar surface area (TPSA) is 95.4 Å². The van der Waals surface area contributed by atoms with Crippen LogP contribution in [0.15, 0.2) is 0 Å². The van der Waals surface area contributed by atoms with E-state index in [9.17, 15) is 8.42 Å². The summed E-state index contributed by atoms with van der Waals surface area (Å²) in [7, 11) is -3.88. The molecule has 0 aromatic carbocycles. The first kappa shape index (κ1) is 10.7. The van der Waals surface area contributed by atoms with Crippen molar-refractivity contribution in [1.82, 2.24) is 0 Å². The molecule has 0 amide bonds. The fourth-order valence-corrected chi connectivity index (χ4v) is 0. The van der Waals surface area contributed by atoms with Crippen LogP contribution in [0.3, 0.4) is 0 Å². The zero-order valence-corrected chi connectivity index (χ0v) is 3.60. The third-order valence-electron chi connectivity index (χ3n) is 0.134. The van der Waals surface area contributed by atoms with Gasteiger partial charge in [-0.3, -0.25) is 0 Å². The van der Waals surface area contributed by atoms with Crippen molar-refractivity contribution in [3.63, 3.8) is 0 Å². The van der Waals surface area contributed by atoms with Crippen molar-refractivity contribution >= 4 is 39.9 Å². The SMILES string of the molecule is NOS(N)(=O)=O.[NaH]. The first-order valence-corrected chi connectivity index (χ1v) is 2.44. The molecule has 0 saturated carbocycles. The van der Waals surface area contributed by atoms with E-state index in [-0.39, 0.29) is 29.6 Å². The van der Waals surface area contributed by atoms with Crippen molar-refractivity contribution in [2.24, 2.45) is 11.0 Å². The molecule has 0 bridgehead atoms. The van der Waals surface area contributed by atoms with Crippen LogP contribution in [-0.2, 0) is 14.6 Å². The maximum atomic E-state index is 9.43. The quantitative estimate of drug-likeness (QED) is 0.306. The van der Waals surface area contributed by atoms with Crippen LogP contribution in [-0.4, -0.2) is 38.0 Å². The molecule has 0 aliphatic carbocycles. The van der Waals surface area contributed by atoms with Crippen molar-refractivity contribution in [3.8, 4) is 0 Å². The molecule has 0 aliphatic rings. The van der Waals surface area contributed by atoms with E-state index in [1.165, 1.54) is 0 Å². The van der Waals surface area contributed by atoms with Gasteiger partial charge in [-0.25, -0.2) is 5.14 Å². The van der Waals surface area contributed by atoms with Crippen molar-refractivity contribution in [3.05, 3.63) is 0 Å². The first-order chi connectivity index (χ1) is 2.56. The van der Waals surface area contributed by atoms with Gasteiger partial charge in [-0.05, 0) is 0 Å². The van der Waals surface area contributed by atoms with Gasteiger partial charge in [0.2, 0.25) is 0 Å². The molecule has 0 atom stereocenters. The Labute approximate surface area is 63.5 Å². The molecule has 0 saturated heterocycles. The molecular weight excluding hydrogens is 131 g/mol. The molecule has 0 unspecified atom stereocenters. The van der Waals surface area contributed by atoms with Crippen LogP contribution in [0.25, 0.3) is 0 Å². The second kappa shape index (κ2) is 3.79. The molecule has 0 rings (SSSR count). The molecular formula is H5N2NaO3S. The maximum absolute atomic E-state index is 9.43. The van der Waals surface area contributed by atoms with Crippen LogP contribution in [0.2, 0.25) is 0 Å². The fourth-order valence-electron chi connectivity index (χ4n) is 0. The summed E-state index contributed by atoms with van der Waals surface area (Å²) in [6.07, 6.45) is 0. The standard InChI is InChI=1S/H4N2O3S.Na.H/c1-5-6(2,3)4;;/h1H2,(H2,2,3,4);;. The monoisotopic (exact) mass is 136 g/mol. The van der Waals surface area contributed by atoms with E-state index in [2.05, 4.69) is 15.3 Å². The Hall–Kier alpha value is 0.830. The second-order valence-electron chi connectivity index (χ2n) is 0.589. The average Bonchev–Trinajstić information content (AvgIpc) is 1.35. The van der Waals surface area contributed by atoms with Gasteiger partial charge in [-0.1, -0.05) is 0 Å². The summed E-state index contributed by atoms with van der Waals surface area (Å²) >= 11 is 0. The van der Waals surface area contributed by atoms with E-state index in [0.29, 0.717) is 0 Å². The molecule has 0 fully saturated rings. The summed E-state index contributed by atoms with van der Waals surface area (Å²) in [4.78, 5) is 0. The third-order valence-corrected chi connectivity index (χ3v) is 0.402. The summed E-state index contributed by atoms with van der Waals surface area (Å²) in [5.41, 5.74) is 0. The van der Waals surface area contributed by atoms with Gasteiger partial charge in [0.25, 0.3) is 0 Å². The van der Waals surface area contributed by atoms with Crippen molar-refractivity contribution in [1.29, 1.82) is 0 Å². The van der Waals surface area contributed by atoms with Crippen LogP contribution in [0, 0.1) is 0 Å². The molecule has 5 nitrogen and oxygen atoms in total. The van der Waals surface area contributed by atoms with Crippen LogP contribution in [0.4, 0.5) is 0 Å². The van der Waals surface area contributed by atoms with Gasteiger partial charge in [0.05, 0.1) is 0 Å². The van der Waals surface area contributed by atoms with Crippen LogP contribution in [0.5, 0.6) is 0 Å². The minimum absolute atomic E-state index is 0. The zero-order valence-electron chi connectivity index (χ0n) is 2.79. The number of hydrogen-bond donors (Lipinski definition) is 2. The van der Waals surface area contributed by atoms with Crippen molar-refractivity contribution in [2.75, 3.05) is 0 Å². The number of nitrogens with two attached hydrogens (primary N) is 2. The summed E-state index contributed by atoms with van der Waals surface area (Å²) in [6, 6.07) is 0. The molecule has 40 valence electrons. The number of hydrogen-bond acceptors (Lipinski definition) is 4. The van der Waals surface area contributed by atoms with Gasteiger partial charge in [0, 0.05) is 0 Å². The van der Waals surface area contributed by atoms with E-state index in [4.69, 9.17) is 0 Å². The van der Waals surface area contributed by atoms with E-state index in [1.54, 1.807) is 0 Å². The van der Waals surface area contributed by atoms with Gasteiger partial charge in [0.15, 0.2) is 0 Å². The van der Waals surface area contributed by atoms with E-state index in [1.807, 2.05) is 0 Å². The molecule has 7 heteroatoms. The first-order valence-electron chi connectivity index (χ1n) is 0.971. The van der Waals surface area contributed by atoms with Gasteiger partial charge < -0.3 is 0 Å². The van der Waals surface area contributed by atoms with Crippen molar-refractivity contribution in [2.45, 2.75) is 0 Å². The van der Waals surface area contributed by atoms with Gasteiger partial charge in [-0.2, -0.15) is 18.6 Å². The van der Waals surface area contributed by atoms with Gasteiger partial charge >= 0.3 is 39.9 Å². The zero-order chi connectivity index (χ0) is 5.21. The summed E-state index contributed by atoms with van der Waals surface area (Å²) in [5, 5.41) is 4.16. The van der Waals surface area contributed by atoms with E-state index in [0.717, 1.165) is 0 Å². The van der Waals surface area contributed by atoms with Crippen LogP contribution >= 0.6 is 0 Å². The Morgan fingerprint density at radius 2 is 1.57 bits per heavy atom. The molecule has 0 aromatic heterocycles. The fraction of sp³-hybridized carbons (Fsp3) is 0. The Morgan fingerprint density at radius 3 is 1.57 bits per heavy atom. The Bertz CT molecular complexity index is 115. The second-order valence-corrected chi connectivity index (χ2v) is 1.77. The van der Waals surface area contributed by atoms with Crippen molar-refractivity contribution < 1.29 is 12.7 Å². The molecule has 0 aromatic rings. The molecule has 0 spiro atoms. The minimum atomic E-state index is -3.88. The summed E-state index contributed by atoms with van der Waals surface area (Å²) in [6.45, 7) is 0. The summed E-state index contributed by atoms with van der Waals surface area (Å²) in [5.74, 6) is 4.09. The predicted molar refractivity (Wildman–Crippen MR) is 25.5 cm³/mol. The van der Waals surface area contributed by atoms with E-state index >= 15 is 0 Å². The average molecular weight is 136 g/mol. The molecule has 0 aliphatic heterocycles. The Balaban J connectivity index is 0.